The summed E-state index contributed by atoms with van der Waals surface area (Å²) in [6.07, 6.45) is 2.44. The number of carbonyl (C=O) groups is 1. The Hall–Kier alpha value is -1.68. The molecule has 0 unspecified atom stereocenters. The highest BCUT2D eigenvalue weighted by atomic mass is 79.9. The maximum Gasteiger partial charge on any atom is 0.211 e. The highest BCUT2D eigenvalue weighted by Gasteiger charge is 2.23. The molecule has 0 radical (unpaired) electrons. The smallest absolute Gasteiger partial charge is 0.211 e. The quantitative estimate of drug-likeness (QED) is 0.353. The summed E-state index contributed by atoms with van der Waals surface area (Å²) in [6, 6.07) is 8.57. The van der Waals surface area contributed by atoms with Crippen LogP contribution < -0.4 is 0 Å². The molecule has 0 bridgehead atoms. The van der Waals surface area contributed by atoms with Crippen LogP contribution in [0.4, 0.5) is 0 Å². The minimum atomic E-state index is -3.33. The first-order valence-electron chi connectivity index (χ1n) is 9.78. The van der Waals surface area contributed by atoms with Crippen molar-refractivity contribution in [2.75, 3.05) is 12.8 Å². The van der Waals surface area contributed by atoms with E-state index in [0.29, 0.717) is 56.2 Å². The topological polar surface area (TPSA) is 87.8 Å². The van der Waals surface area contributed by atoms with Gasteiger partial charge in [-0.1, -0.05) is 26.0 Å². The van der Waals surface area contributed by atoms with Crippen molar-refractivity contribution in [3.05, 3.63) is 61.7 Å². The van der Waals surface area contributed by atoms with E-state index in [2.05, 4.69) is 31.9 Å². The first-order chi connectivity index (χ1) is 14.6. The van der Waals surface area contributed by atoms with Crippen LogP contribution in [-0.2, 0) is 23.0 Å². The van der Waals surface area contributed by atoms with Gasteiger partial charge in [-0.2, -0.15) is 4.31 Å². The Bertz CT molecular complexity index is 1230. The van der Waals surface area contributed by atoms with Gasteiger partial charge in [0.2, 0.25) is 10.0 Å². The number of phenolic OH excluding ortho intramolecular Hbond substituents is 1. The van der Waals surface area contributed by atoms with Crippen molar-refractivity contribution in [2.45, 2.75) is 33.2 Å². The molecule has 0 fully saturated rings. The number of fused-ring (bicyclic) bond motifs is 1. The summed E-state index contributed by atoms with van der Waals surface area (Å²) in [5, 5.41) is 10.6. The Kier molecular flexibility index (Phi) is 7.30. The van der Waals surface area contributed by atoms with E-state index in [-0.39, 0.29) is 18.1 Å². The lowest BCUT2D eigenvalue weighted by Gasteiger charge is -2.19. The molecule has 0 spiro atoms. The maximum atomic E-state index is 13.3. The SMILES string of the molecule is CCCN(Cc1ccc2c(C(=O)c3cc(Br)c(O)c(Br)c3)c(CC)oc2c1)S(C)(=O)=O. The molecule has 6 nitrogen and oxygen atoms in total. The molecule has 0 saturated carbocycles. The van der Waals surface area contributed by atoms with E-state index in [1.807, 2.05) is 19.9 Å². The first-order valence-corrected chi connectivity index (χ1v) is 13.2. The van der Waals surface area contributed by atoms with Crippen LogP contribution in [0, 0.1) is 0 Å². The van der Waals surface area contributed by atoms with E-state index in [1.54, 1.807) is 24.3 Å². The van der Waals surface area contributed by atoms with Gasteiger partial charge < -0.3 is 9.52 Å². The van der Waals surface area contributed by atoms with Crippen LogP contribution in [0.2, 0.25) is 0 Å². The second-order valence-corrected chi connectivity index (χ2v) is 11.0. The molecule has 0 saturated heterocycles. The Morgan fingerprint density at radius 2 is 1.77 bits per heavy atom. The van der Waals surface area contributed by atoms with Crippen molar-refractivity contribution in [3.63, 3.8) is 0 Å². The fraction of sp³-hybridized carbons (Fsp3) is 0.318. The van der Waals surface area contributed by atoms with Crippen LogP contribution in [-0.4, -0.2) is 36.4 Å². The second kappa shape index (κ2) is 9.44. The van der Waals surface area contributed by atoms with Gasteiger partial charge in [-0.3, -0.25) is 4.79 Å². The van der Waals surface area contributed by atoms with Crippen LogP contribution in [0.1, 0.15) is 47.5 Å². The normalized spacial score (nSPS) is 12.1. The minimum absolute atomic E-state index is 0.0245. The summed E-state index contributed by atoms with van der Waals surface area (Å²) in [4.78, 5) is 13.3. The predicted molar refractivity (Wildman–Crippen MR) is 128 cm³/mol. The fourth-order valence-electron chi connectivity index (χ4n) is 3.44. The number of sulfonamides is 1. The lowest BCUT2D eigenvalue weighted by molar-refractivity contribution is 0.103. The predicted octanol–water partition coefficient (Wildman–Crippen LogP) is 5.63. The lowest BCUT2D eigenvalue weighted by atomic mass is 9.98. The molecular formula is C22H23Br2NO5S. The summed E-state index contributed by atoms with van der Waals surface area (Å²) in [5.41, 5.74) is 2.21. The Morgan fingerprint density at radius 1 is 1.13 bits per heavy atom. The van der Waals surface area contributed by atoms with E-state index in [0.717, 1.165) is 5.56 Å². The minimum Gasteiger partial charge on any atom is -0.506 e. The third-order valence-corrected chi connectivity index (χ3v) is 7.41. The highest BCUT2D eigenvalue weighted by Crippen LogP contribution is 2.36. The van der Waals surface area contributed by atoms with Crippen molar-refractivity contribution >= 4 is 58.6 Å². The summed E-state index contributed by atoms with van der Waals surface area (Å²) >= 11 is 6.53. The van der Waals surface area contributed by atoms with Gasteiger partial charge in [-0.25, -0.2) is 8.42 Å². The number of aryl methyl sites for hydroxylation is 1. The summed E-state index contributed by atoms with van der Waals surface area (Å²) in [6.45, 7) is 4.51. The van der Waals surface area contributed by atoms with Crippen LogP contribution >= 0.6 is 31.9 Å². The second-order valence-electron chi connectivity index (χ2n) is 7.30. The summed E-state index contributed by atoms with van der Waals surface area (Å²) < 4.78 is 32.3. The molecule has 3 aromatic rings. The summed E-state index contributed by atoms with van der Waals surface area (Å²) in [5.74, 6) is 0.371. The van der Waals surface area contributed by atoms with Crippen molar-refractivity contribution in [1.29, 1.82) is 0 Å². The number of furan rings is 1. The fourth-order valence-corrected chi connectivity index (χ4v) is 5.53. The maximum absolute atomic E-state index is 13.3. The Morgan fingerprint density at radius 3 is 2.32 bits per heavy atom. The number of hydrogen-bond acceptors (Lipinski definition) is 5. The molecule has 9 heteroatoms. The molecule has 0 atom stereocenters. The third kappa shape index (κ3) is 5.05. The van der Waals surface area contributed by atoms with Crippen molar-refractivity contribution in [2.24, 2.45) is 0 Å². The van der Waals surface area contributed by atoms with Gasteiger partial charge in [-0.15, -0.1) is 0 Å². The van der Waals surface area contributed by atoms with Crippen LogP contribution in [0.3, 0.4) is 0 Å². The zero-order valence-corrected chi connectivity index (χ0v) is 21.4. The number of benzene rings is 2. The number of rotatable bonds is 8. The standard InChI is InChI=1S/C22H23Br2NO5S/c1-4-8-25(31(3,28)29)12-13-6-7-15-19(9-13)30-18(5-2)20(15)21(26)14-10-16(23)22(27)17(24)11-14/h6-7,9-11,27H,4-5,8,12H2,1-3H3. The van der Waals surface area contributed by atoms with E-state index < -0.39 is 10.0 Å². The number of carbonyl (C=O) groups excluding carboxylic acids is 1. The molecule has 1 aromatic heterocycles. The molecule has 1 heterocycles. The number of hydrogen-bond donors (Lipinski definition) is 1. The van der Waals surface area contributed by atoms with Crippen LogP contribution in [0.15, 0.2) is 43.7 Å². The largest absolute Gasteiger partial charge is 0.506 e. The molecule has 0 aliphatic carbocycles. The van der Waals surface area contributed by atoms with E-state index >= 15 is 0 Å². The van der Waals surface area contributed by atoms with Crippen molar-refractivity contribution in [1.82, 2.24) is 4.31 Å². The molecule has 2 aromatic carbocycles. The number of nitrogens with zero attached hydrogens (tertiary/aromatic N) is 1. The summed E-state index contributed by atoms with van der Waals surface area (Å²) in [7, 11) is -3.33. The van der Waals surface area contributed by atoms with Gasteiger partial charge in [0.05, 0.1) is 20.8 Å². The molecule has 0 aliphatic rings. The van der Waals surface area contributed by atoms with Gasteiger partial charge in [0, 0.05) is 30.5 Å². The highest BCUT2D eigenvalue weighted by molar-refractivity contribution is 9.11. The van der Waals surface area contributed by atoms with Gasteiger partial charge in [0.1, 0.15) is 17.1 Å². The van der Waals surface area contributed by atoms with E-state index in [1.165, 1.54) is 10.6 Å². The molecule has 166 valence electrons. The van der Waals surface area contributed by atoms with Gasteiger partial charge >= 0.3 is 0 Å². The Balaban J connectivity index is 2.05. The number of aromatic hydroxyl groups is 1. The number of ketones is 1. The zero-order chi connectivity index (χ0) is 22.9. The Labute approximate surface area is 198 Å². The van der Waals surface area contributed by atoms with Crippen molar-refractivity contribution in [3.8, 4) is 5.75 Å². The average molecular weight is 573 g/mol. The monoisotopic (exact) mass is 571 g/mol. The average Bonchev–Trinajstić information content (AvgIpc) is 3.07. The number of halogens is 2. The molecular weight excluding hydrogens is 550 g/mol. The molecule has 31 heavy (non-hydrogen) atoms. The molecule has 0 amide bonds. The third-order valence-electron chi connectivity index (χ3n) is 4.96. The van der Waals surface area contributed by atoms with E-state index in [9.17, 15) is 18.3 Å². The van der Waals surface area contributed by atoms with E-state index in [4.69, 9.17) is 4.42 Å². The molecule has 0 aliphatic heterocycles. The van der Waals surface area contributed by atoms with Gasteiger partial charge in [-0.05, 0) is 62.0 Å². The van der Waals surface area contributed by atoms with Gasteiger partial charge in [0.25, 0.3) is 0 Å². The number of phenols is 1. The first kappa shape index (κ1) is 24.0. The zero-order valence-electron chi connectivity index (χ0n) is 17.4. The molecule has 3 rings (SSSR count). The molecule has 1 N–H and O–H groups in total. The lowest BCUT2D eigenvalue weighted by Crippen LogP contribution is -2.30. The van der Waals surface area contributed by atoms with Crippen molar-refractivity contribution < 1.29 is 22.7 Å². The van der Waals surface area contributed by atoms with Crippen LogP contribution in [0.5, 0.6) is 5.75 Å². The van der Waals surface area contributed by atoms with Crippen LogP contribution in [0.25, 0.3) is 11.0 Å². The van der Waals surface area contributed by atoms with Gasteiger partial charge in [0.15, 0.2) is 5.78 Å².